The molecule has 2 atom stereocenters. The molecule has 0 radical (unpaired) electrons. The number of fused-ring (bicyclic) bond motifs is 1. The Balaban J connectivity index is 1.43. The molecule has 2 unspecified atom stereocenters. The fourth-order valence-corrected chi connectivity index (χ4v) is 4.21. The molecule has 0 amide bonds. The van der Waals surface area contributed by atoms with Crippen LogP contribution in [-0.4, -0.2) is 26.3 Å². The maximum absolute atomic E-state index is 4.84. The van der Waals surface area contributed by atoms with Crippen molar-refractivity contribution in [3.8, 4) is 0 Å². The maximum atomic E-state index is 4.84. The van der Waals surface area contributed by atoms with E-state index in [-0.39, 0.29) is 12.1 Å². The van der Waals surface area contributed by atoms with Gasteiger partial charge < -0.3 is 0 Å². The number of nitrogens with one attached hydrogen (secondary N) is 2. The Morgan fingerprint density at radius 1 is 0.885 bits per heavy atom. The lowest BCUT2D eigenvalue weighted by Gasteiger charge is -2.15. The number of hydrazine groups is 1. The SMILES string of the molecule is c1ccc(C2=Nn3c(nnc3C3CC(c4ccccc4)NN3)SC2)cc1. The van der Waals surface area contributed by atoms with Crippen LogP contribution in [0.15, 0.2) is 70.9 Å². The van der Waals surface area contributed by atoms with Crippen molar-refractivity contribution in [2.45, 2.75) is 23.7 Å². The van der Waals surface area contributed by atoms with Crippen molar-refractivity contribution in [3.63, 3.8) is 0 Å². The summed E-state index contributed by atoms with van der Waals surface area (Å²) in [5.74, 6) is 1.66. The van der Waals surface area contributed by atoms with Crippen molar-refractivity contribution in [2.24, 2.45) is 5.10 Å². The summed E-state index contributed by atoms with van der Waals surface area (Å²) in [6.07, 6.45) is 0.906. The number of rotatable bonds is 3. The van der Waals surface area contributed by atoms with Gasteiger partial charge in [-0.1, -0.05) is 72.4 Å². The number of hydrogen-bond acceptors (Lipinski definition) is 6. The van der Waals surface area contributed by atoms with Gasteiger partial charge in [0.05, 0.1) is 11.8 Å². The molecule has 26 heavy (non-hydrogen) atoms. The lowest BCUT2D eigenvalue weighted by atomic mass is 10.0. The lowest BCUT2D eigenvalue weighted by molar-refractivity contribution is 0.521. The van der Waals surface area contributed by atoms with Gasteiger partial charge in [0.25, 0.3) is 0 Å². The molecule has 0 bridgehead atoms. The first-order chi connectivity index (χ1) is 12.9. The second-order valence-corrected chi connectivity index (χ2v) is 7.34. The molecule has 2 aromatic carbocycles. The average molecular weight is 362 g/mol. The van der Waals surface area contributed by atoms with Gasteiger partial charge in [-0.2, -0.15) is 9.78 Å². The predicted octanol–water partition coefficient (Wildman–Crippen LogP) is 2.92. The summed E-state index contributed by atoms with van der Waals surface area (Å²) < 4.78 is 1.89. The van der Waals surface area contributed by atoms with Gasteiger partial charge in [0.1, 0.15) is 0 Å². The zero-order chi connectivity index (χ0) is 17.3. The fourth-order valence-electron chi connectivity index (χ4n) is 3.36. The van der Waals surface area contributed by atoms with Crippen LogP contribution in [-0.2, 0) is 0 Å². The monoisotopic (exact) mass is 362 g/mol. The van der Waals surface area contributed by atoms with Crippen molar-refractivity contribution >= 4 is 17.5 Å². The molecule has 0 spiro atoms. The van der Waals surface area contributed by atoms with Crippen LogP contribution in [0.25, 0.3) is 0 Å². The quantitative estimate of drug-likeness (QED) is 0.750. The Morgan fingerprint density at radius 3 is 2.42 bits per heavy atom. The summed E-state index contributed by atoms with van der Waals surface area (Å²) >= 11 is 1.68. The van der Waals surface area contributed by atoms with Crippen LogP contribution < -0.4 is 10.9 Å². The summed E-state index contributed by atoms with van der Waals surface area (Å²) in [4.78, 5) is 0. The minimum Gasteiger partial charge on any atom is -0.250 e. The molecule has 2 aliphatic heterocycles. The lowest BCUT2D eigenvalue weighted by Crippen LogP contribution is -2.28. The van der Waals surface area contributed by atoms with E-state index in [0.717, 1.165) is 34.4 Å². The van der Waals surface area contributed by atoms with Gasteiger partial charge in [-0.25, -0.2) is 10.9 Å². The summed E-state index contributed by atoms with van der Waals surface area (Å²) in [7, 11) is 0. The molecule has 2 N–H and O–H groups in total. The molecule has 7 heteroatoms. The third kappa shape index (κ3) is 2.84. The van der Waals surface area contributed by atoms with Gasteiger partial charge in [0, 0.05) is 11.8 Å². The van der Waals surface area contributed by atoms with Crippen LogP contribution >= 0.6 is 11.8 Å². The highest BCUT2D eigenvalue weighted by Gasteiger charge is 2.32. The van der Waals surface area contributed by atoms with E-state index in [1.54, 1.807) is 11.8 Å². The second-order valence-electron chi connectivity index (χ2n) is 6.39. The Hall–Kier alpha value is -2.48. The Kier molecular flexibility index (Phi) is 4.05. The van der Waals surface area contributed by atoms with Crippen LogP contribution in [0.5, 0.6) is 0 Å². The molecular weight excluding hydrogens is 344 g/mol. The minimum atomic E-state index is 0.0703. The van der Waals surface area contributed by atoms with Gasteiger partial charge in [-0.15, -0.1) is 10.2 Å². The smallest absolute Gasteiger partial charge is 0.212 e. The Labute approximate surface area is 155 Å². The van der Waals surface area contributed by atoms with Crippen molar-refractivity contribution in [1.82, 2.24) is 25.7 Å². The van der Waals surface area contributed by atoms with Crippen molar-refractivity contribution in [3.05, 3.63) is 77.6 Å². The van der Waals surface area contributed by atoms with Gasteiger partial charge in [0.2, 0.25) is 5.16 Å². The highest BCUT2D eigenvalue weighted by molar-refractivity contribution is 7.99. The highest BCUT2D eigenvalue weighted by atomic mass is 32.2. The van der Waals surface area contributed by atoms with Crippen LogP contribution in [0.3, 0.4) is 0 Å². The normalized spacial score (nSPS) is 22.1. The first-order valence-corrected chi connectivity index (χ1v) is 9.64. The summed E-state index contributed by atoms with van der Waals surface area (Å²) in [5, 5.41) is 14.4. The molecule has 2 aliphatic rings. The van der Waals surface area contributed by atoms with Gasteiger partial charge in [-0.05, 0) is 17.5 Å². The number of aromatic nitrogens is 3. The molecule has 5 rings (SSSR count). The molecule has 130 valence electrons. The van der Waals surface area contributed by atoms with Crippen LogP contribution in [0.2, 0.25) is 0 Å². The number of hydrogen-bond donors (Lipinski definition) is 2. The third-order valence-corrected chi connectivity index (χ3v) is 5.65. The average Bonchev–Trinajstić information content (AvgIpc) is 3.36. The van der Waals surface area contributed by atoms with E-state index in [1.807, 2.05) is 28.9 Å². The second kappa shape index (κ2) is 6.68. The summed E-state index contributed by atoms with van der Waals surface area (Å²) in [5.41, 5.74) is 10.2. The number of benzene rings is 2. The minimum absolute atomic E-state index is 0.0703. The Morgan fingerprint density at radius 2 is 1.62 bits per heavy atom. The molecule has 6 nitrogen and oxygen atoms in total. The van der Waals surface area contributed by atoms with Crippen LogP contribution in [0.4, 0.5) is 0 Å². The molecule has 1 aromatic heterocycles. The first-order valence-electron chi connectivity index (χ1n) is 8.66. The Bertz CT molecular complexity index is 937. The summed E-state index contributed by atoms with van der Waals surface area (Å²) in [6.45, 7) is 0. The standard InChI is InChI=1S/C19H18N6S/c1-3-7-13(8-4-1)15-11-16(21-20-15)18-22-23-19-25(18)24-17(12-26-19)14-9-5-2-6-10-14/h1-10,15-16,20-21H,11-12H2. The number of thioether (sulfide) groups is 1. The molecule has 3 heterocycles. The van der Waals surface area contributed by atoms with Crippen LogP contribution in [0.1, 0.15) is 35.5 Å². The summed E-state index contributed by atoms with van der Waals surface area (Å²) in [6, 6.07) is 21.1. The van der Waals surface area contributed by atoms with Crippen molar-refractivity contribution < 1.29 is 0 Å². The van der Waals surface area contributed by atoms with E-state index in [2.05, 4.69) is 57.4 Å². The van der Waals surface area contributed by atoms with Crippen LogP contribution in [0, 0.1) is 0 Å². The van der Waals surface area contributed by atoms with Crippen molar-refractivity contribution in [1.29, 1.82) is 0 Å². The molecular formula is C19H18N6S. The van der Waals surface area contributed by atoms with E-state index >= 15 is 0 Å². The fraction of sp³-hybridized carbons (Fsp3) is 0.211. The van der Waals surface area contributed by atoms with E-state index in [9.17, 15) is 0 Å². The van der Waals surface area contributed by atoms with Gasteiger partial charge in [0.15, 0.2) is 5.82 Å². The number of nitrogens with zero attached hydrogens (tertiary/aromatic N) is 4. The van der Waals surface area contributed by atoms with E-state index in [1.165, 1.54) is 5.56 Å². The molecule has 3 aromatic rings. The molecule has 0 aliphatic carbocycles. The molecule has 0 saturated carbocycles. The zero-order valence-corrected chi connectivity index (χ0v) is 14.9. The first kappa shape index (κ1) is 15.7. The topological polar surface area (TPSA) is 67.1 Å². The van der Waals surface area contributed by atoms with Gasteiger partial charge >= 0.3 is 0 Å². The van der Waals surface area contributed by atoms with E-state index in [4.69, 9.17) is 5.10 Å². The third-order valence-electron chi connectivity index (χ3n) is 4.72. The maximum Gasteiger partial charge on any atom is 0.212 e. The van der Waals surface area contributed by atoms with Crippen molar-refractivity contribution in [2.75, 3.05) is 5.75 Å². The van der Waals surface area contributed by atoms with Gasteiger partial charge in [-0.3, -0.25) is 0 Å². The van der Waals surface area contributed by atoms with E-state index in [0.29, 0.717) is 0 Å². The van der Waals surface area contributed by atoms with E-state index < -0.39 is 0 Å². The largest absolute Gasteiger partial charge is 0.250 e. The molecule has 1 saturated heterocycles. The predicted molar refractivity (Wildman–Crippen MR) is 102 cm³/mol. The highest BCUT2D eigenvalue weighted by Crippen LogP contribution is 2.32. The molecule has 1 fully saturated rings. The zero-order valence-electron chi connectivity index (χ0n) is 14.0.